The number of H-pyrrole nitrogens is 3. The molecule has 15 nitrogen and oxygen atoms in total. The molecule has 5 N–H and O–H groups in total. The van der Waals surface area contributed by atoms with Gasteiger partial charge in [-0.3, -0.25) is 10.1 Å². The normalized spacial score (nSPS) is 10.2. The van der Waals surface area contributed by atoms with Crippen LogP contribution in [-0.2, 0) is 4.79 Å². The van der Waals surface area contributed by atoms with Gasteiger partial charge in [-0.1, -0.05) is 43.1 Å². The fourth-order valence-electron chi connectivity index (χ4n) is 1.36. The number of carbonyl (C=O) groups excluding carboxylic acids is 1. The van der Waals surface area contributed by atoms with E-state index in [1.165, 1.54) is 0 Å². The molecule has 0 fully saturated rings. The Balaban J connectivity index is 0.000000213. The number of hydrogen-bond donors (Lipinski definition) is 5. The van der Waals surface area contributed by atoms with Crippen LogP contribution in [0.25, 0.3) is 0 Å². The van der Waals surface area contributed by atoms with E-state index in [4.69, 9.17) is 0 Å². The Morgan fingerprint density at radius 2 is 1.32 bits per heavy atom. The molecule has 0 bridgehead atoms. The number of anilines is 2. The van der Waals surface area contributed by atoms with Gasteiger partial charge in [0.25, 0.3) is 11.9 Å². The quantitative estimate of drug-likeness (QED) is 0.393. The second-order valence-electron chi connectivity index (χ2n) is 6.34. The smallest absolute Gasteiger partial charge is 0.269 e. The molecule has 3 heterocycles. The molecular weight excluding hydrogens is 368 g/mol. The van der Waals surface area contributed by atoms with Crippen molar-refractivity contribution in [1.29, 1.82) is 0 Å². The first-order valence-corrected chi connectivity index (χ1v) is 8.57. The Kier molecular flexibility index (Phi) is 9.63. The van der Waals surface area contributed by atoms with E-state index in [0.29, 0.717) is 17.9 Å². The molecule has 3 aromatic rings. The van der Waals surface area contributed by atoms with Gasteiger partial charge >= 0.3 is 0 Å². The monoisotopic (exact) mass is 394 g/mol. The summed E-state index contributed by atoms with van der Waals surface area (Å²) in [6.07, 6.45) is 0. The van der Waals surface area contributed by atoms with Crippen molar-refractivity contribution in [2.24, 2.45) is 5.92 Å². The third kappa shape index (κ3) is 9.25. The molecule has 0 atom stereocenters. The van der Waals surface area contributed by atoms with Crippen molar-refractivity contribution in [1.82, 2.24) is 61.9 Å². The molecule has 28 heavy (non-hydrogen) atoms. The number of tetrazole rings is 3. The molecule has 0 aliphatic rings. The fourth-order valence-corrected chi connectivity index (χ4v) is 1.36. The maximum Gasteiger partial charge on any atom is 0.269 e. The second-order valence-corrected chi connectivity index (χ2v) is 6.34. The lowest BCUT2D eigenvalue weighted by atomic mass is 10.2. The van der Waals surface area contributed by atoms with Crippen LogP contribution in [0.3, 0.4) is 0 Å². The summed E-state index contributed by atoms with van der Waals surface area (Å²) in [5.74, 6) is 1.70. The van der Waals surface area contributed by atoms with Gasteiger partial charge in [-0.05, 0) is 24.3 Å². The van der Waals surface area contributed by atoms with Gasteiger partial charge < -0.3 is 5.32 Å². The van der Waals surface area contributed by atoms with E-state index in [9.17, 15) is 4.79 Å². The van der Waals surface area contributed by atoms with Crippen molar-refractivity contribution in [3.05, 3.63) is 5.82 Å². The second kappa shape index (κ2) is 12.0. The number of nitrogens with zero attached hydrogens (tertiary/aromatic N) is 9. The molecule has 154 valence electrons. The van der Waals surface area contributed by atoms with Crippen molar-refractivity contribution in [2.75, 3.05) is 10.6 Å². The average Bonchev–Trinajstić information content (AvgIpc) is 3.39. The van der Waals surface area contributed by atoms with Crippen molar-refractivity contribution >= 4 is 17.8 Å². The van der Waals surface area contributed by atoms with Crippen LogP contribution in [0.4, 0.5) is 11.9 Å². The van der Waals surface area contributed by atoms with E-state index in [0.717, 1.165) is 5.82 Å². The predicted molar refractivity (Wildman–Crippen MR) is 98.8 cm³/mol. The van der Waals surface area contributed by atoms with Gasteiger partial charge in [0.2, 0.25) is 5.91 Å². The molecule has 0 saturated carbocycles. The summed E-state index contributed by atoms with van der Waals surface area (Å²) in [6, 6.07) is 0.350. The first-order chi connectivity index (χ1) is 13.3. The van der Waals surface area contributed by atoms with Crippen LogP contribution in [0.5, 0.6) is 0 Å². The highest BCUT2D eigenvalue weighted by molar-refractivity contribution is 5.90. The molecule has 0 unspecified atom stereocenters. The molecule has 0 aliphatic heterocycles. The van der Waals surface area contributed by atoms with Gasteiger partial charge in [-0.25, -0.2) is 0 Å². The lowest BCUT2D eigenvalue weighted by molar-refractivity contribution is -0.118. The first-order valence-electron chi connectivity index (χ1n) is 8.57. The van der Waals surface area contributed by atoms with Crippen LogP contribution in [0.2, 0.25) is 0 Å². The molecule has 1 amide bonds. The summed E-state index contributed by atoms with van der Waals surface area (Å²) >= 11 is 0. The Labute approximate surface area is 161 Å². The highest BCUT2D eigenvalue weighted by Crippen LogP contribution is 2.03. The maximum atomic E-state index is 11.0. The molecule has 15 heteroatoms. The van der Waals surface area contributed by atoms with Gasteiger partial charge in [-0.2, -0.15) is 15.6 Å². The Bertz CT molecular complexity index is 734. The van der Waals surface area contributed by atoms with Crippen LogP contribution >= 0.6 is 0 Å². The fraction of sp³-hybridized carbons (Fsp3) is 0.692. The van der Waals surface area contributed by atoms with Crippen LogP contribution in [0, 0.1) is 5.92 Å². The zero-order chi connectivity index (χ0) is 20.9. The van der Waals surface area contributed by atoms with E-state index >= 15 is 0 Å². The molecular formula is C13H26N14O. The predicted octanol–water partition coefficient (Wildman–Crippen LogP) is 0.137. The lowest BCUT2D eigenvalue weighted by Crippen LogP contribution is -2.18. The highest BCUT2D eigenvalue weighted by Gasteiger charge is 2.08. The van der Waals surface area contributed by atoms with Crippen LogP contribution in [-0.4, -0.2) is 73.8 Å². The van der Waals surface area contributed by atoms with Gasteiger partial charge in [0.15, 0.2) is 5.82 Å². The van der Waals surface area contributed by atoms with Crippen LogP contribution in [0.15, 0.2) is 0 Å². The molecule has 0 radical (unpaired) electrons. The Hall–Kier alpha value is -3.52. The Morgan fingerprint density at radius 1 is 0.786 bits per heavy atom. The lowest BCUT2D eigenvalue weighted by Gasteiger charge is -2.01. The average molecular weight is 394 g/mol. The summed E-state index contributed by atoms with van der Waals surface area (Å²) in [5, 5.41) is 44.5. The summed E-state index contributed by atoms with van der Waals surface area (Å²) in [4.78, 5) is 11.0. The molecule has 0 saturated heterocycles. The van der Waals surface area contributed by atoms with Crippen molar-refractivity contribution in [3.8, 4) is 0 Å². The van der Waals surface area contributed by atoms with E-state index in [1.54, 1.807) is 13.8 Å². The largest absolute Gasteiger partial charge is 0.349 e. The van der Waals surface area contributed by atoms with Crippen molar-refractivity contribution < 1.29 is 4.79 Å². The number of nitrogens with one attached hydrogen (secondary N) is 5. The van der Waals surface area contributed by atoms with E-state index in [2.05, 4.69) is 72.5 Å². The molecule has 0 aromatic carbocycles. The van der Waals surface area contributed by atoms with Gasteiger partial charge in [0, 0.05) is 17.9 Å². The van der Waals surface area contributed by atoms with Crippen LogP contribution in [0.1, 0.15) is 53.3 Å². The number of carbonyl (C=O) groups is 1. The van der Waals surface area contributed by atoms with Gasteiger partial charge in [-0.15, -0.1) is 20.4 Å². The zero-order valence-electron chi connectivity index (χ0n) is 16.7. The van der Waals surface area contributed by atoms with Crippen LogP contribution < -0.4 is 10.6 Å². The maximum absolute atomic E-state index is 11.0. The minimum Gasteiger partial charge on any atom is -0.349 e. The van der Waals surface area contributed by atoms with E-state index in [-0.39, 0.29) is 17.8 Å². The third-order valence-electron chi connectivity index (χ3n) is 2.75. The Morgan fingerprint density at radius 3 is 1.68 bits per heavy atom. The number of aromatic nitrogens is 12. The summed E-state index contributed by atoms with van der Waals surface area (Å²) in [7, 11) is 0. The molecule has 0 aliphatic carbocycles. The summed E-state index contributed by atoms with van der Waals surface area (Å²) in [5.41, 5.74) is 0. The topological polar surface area (TPSA) is 205 Å². The minimum atomic E-state index is -0.119. The third-order valence-corrected chi connectivity index (χ3v) is 2.75. The number of hydrogen-bond acceptors (Lipinski definition) is 11. The first kappa shape index (κ1) is 22.5. The standard InChI is InChI=1S/C5H9N5O.C4H9N5.C4H8N4/c1-3(2)4(11)6-5-7-9-10-8-5;1-3(2)5-4-6-8-9-7-4;1-3(2)4-5-7-8-6-4/h3H,1-2H3,(H2,6,7,8,9,10,11);3H,1-2H3,(H2,5,6,7,8,9);3H,1-2H3,(H,5,6,7,8). The molecule has 3 aromatic heterocycles. The van der Waals surface area contributed by atoms with E-state index < -0.39 is 0 Å². The highest BCUT2D eigenvalue weighted by atomic mass is 16.2. The summed E-state index contributed by atoms with van der Waals surface area (Å²) < 4.78 is 0. The van der Waals surface area contributed by atoms with Crippen molar-refractivity contribution in [2.45, 2.75) is 53.5 Å². The van der Waals surface area contributed by atoms with Gasteiger partial charge in [0.1, 0.15) is 0 Å². The number of rotatable bonds is 5. The zero-order valence-corrected chi connectivity index (χ0v) is 16.7. The van der Waals surface area contributed by atoms with Gasteiger partial charge in [0.05, 0.1) is 0 Å². The number of amides is 1. The molecule has 3 rings (SSSR count). The SMILES string of the molecule is CC(C)C(=O)Nc1nn[nH]n1.CC(C)Nc1nn[nH]n1.CC(C)c1nn[nH]n1. The minimum absolute atomic E-state index is 0.0755. The summed E-state index contributed by atoms with van der Waals surface area (Å²) in [6.45, 7) is 11.6. The molecule has 0 spiro atoms. The number of aromatic amines is 3. The van der Waals surface area contributed by atoms with E-state index in [1.807, 2.05) is 27.7 Å². The van der Waals surface area contributed by atoms with Crippen molar-refractivity contribution in [3.63, 3.8) is 0 Å².